The summed E-state index contributed by atoms with van der Waals surface area (Å²) < 4.78 is 0. The molecular weight excluding hydrogens is 187 g/mol. The van der Waals surface area contributed by atoms with Gasteiger partial charge in [-0.25, -0.2) is 0 Å². The first-order valence-electron chi connectivity index (χ1n) is 5.63. The molecule has 0 spiro atoms. The lowest BCUT2D eigenvalue weighted by Gasteiger charge is -2.29. The minimum Gasteiger partial charge on any atom is -0.427 e. The smallest absolute Gasteiger partial charge is 0.427 e. The Morgan fingerprint density at radius 3 is 2.47 bits per heavy atom. The molecule has 3 atom stereocenters. The van der Waals surface area contributed by atoms with E-state index in [0.717, 1.165) is 19.3 Å². The maximum atomic E-state index is 9.18. The third kappa shape index (κ3) is 2.61. The van der Waals surface area contributed by atoms with E-state index in [-0.39, 0.29) is 5.82 Å². The molecule has 2 N–H and O–H groups in total. The first-order chi connectivity index (χ1) is 7.27. The van der Waals surface area contributed by atoms with Gasteiger partial charge < -0.3 is 10.0 Å². The Morgan fingerprint density at radius 1 is 0.933 bits per heavy atom. The molecule has 0 aromatic carbocycles. The third-order valence-corrected chi connectivity index (χ3v) is 3.38. The van der Waals surface area contributed by atoms with Crippen molar-refractivity contribution < 1.29 is 10.0 Å². The molecule has 0 aliphatic heterocycles. The highest BCUT2D eigenvalue weighted by molar-refractivity contribution is 6.43. The Morgan fingerprint density at radius 2 is 1.80 bits per heavy atom. The highest BCUT2D eigenvalue weighted by Crippen LogP contribution is 2.36. The molecule has 0 saturated carbocycles. The van der Waals surface area contributed by atoms with Crippen LogP contribution in [0.1, 0.15) is 19.3 Å². The maximum Gasteiger partial charge on any atom is 0.455 e. The van der Waals surface area contributed by atoms with Gasteiger partial charge in [-0.2, -0.15) is 0 Å². The molecule has 0 amide bonds. The van der Waals surface area contributed by atoms with Gasteiger partial charge >= 0.3 is 7.12 Å². The summed E-state index contributed by atoms with van der Waals surface area (Å²) in [6.07, 6.45) is 15.6. The van der Waals surface area contributed by atoms with Crippen molar-refractivity contribution >= 4 is 7.12 Å². The Labute approximate surface area is 91.2 Å². The van der Waals surface area contributed by atoms with Gasteiger partial charge in [0.25, 0.3) is 0 Å². The highest BCUT2D eigenvalue weighted by Gasteiger charge is 2.30. The lowest BCUT2D eigenvalue weighted by molar-refractivity contribution is 0.343. The van der Waals surface area contributed by atoms with E-state index in [1.54, 1.807) is 0 Å². The molecule has 0 radical (unpaired) electrons. The fraction of sp³-hybridized carbons (Fsp3) is 0.500. The monoisotopic (exact) mass is 204 g/mol. The van der Waals surface area contributed by atoms with Crippen LogP contribution in [-0.2, 0) is 0 Å². The van der Waals surface area contributed by atoms with Gasteiger partial charge in [0.1, 0.15) is 0 Å². The largest absolute Gasteiger partial charge is 0.455 e. The standard InChI is InChI=1S/C12H17BO2/c14-13(15)12-8-4-7-11(9-12)10-5-2-1-3-6-10/h1-5,7,10-12,14-15H,6,8-9H2. The second kappa shape index (κ2) is 4.82. The van der Waals surface area contributed by atoms with Crippen molar-refractivity contribution in [3.63, 3.8) is 0 Å². The van der Waals surface area contributed by atoms with E-state index in [1.165, 1.54) is 0 Å². The summed E-state index contributed by atoms with van der Waals surface area (Å²) >= 11 is 0. The number of hydrogen-bond acceptors (Lipinski definition) is 2. The first kappa shape index (κ1) is 10.7. The van der Waals surface area contributed by atoms with E-state index >= 15 is 0 Å². The van der Waals surface area contributed by atoms with Crippen LogP contribution in [0, 0.1) is 11.8 Å². The Hall–Kier alpha value is -0.795. The van der Waals surface area contributed by atoms with Crippen LogP contribution in [0.3, 0.4) is 0 Å². The zero-order chi connectivity index (χ0) is 10.7. The van der Waals surface area contributed by atoms with Gasteiger partial charge in [-0.1, -0.05) is 36.5 Å². The molecular formula is C12H17BO2. The summed E-state index contributed by atoms with van der Waals surface area (Å²) in [5.41, 5.74) is 0. The summed E-state index contributed by atoms with van der Waals surface area (Å²) in [5.74, 6) is 1.01. The molecule has 3 unspecified atom stereocenters. The fourth-order valence-electron chi connectivity index (χ4n) is 2.43. The summed E-state index contributed by atoms with van der Waals surface area (Å²) in [6, 6.07) is 0. The molecule has 0 heterocycles. The van der Waals surface area contributed by atoms with Crippen LogP contribution in [0.15, 0.2) is 36.5 Å². The van der Waals surface area contributed by atoms with Crippen LogP contribution >= 0.6 is 0 Å². The molecule has 3 heteroatoms. The Bertz CT molecular complexity index is 294. The van der Waals surface area contributed by atoms with E-state index in [9.17, 15) is 10.0 Å². The molecule has 2 aliphatic rings. The molecule has 0 bridgehead atoms. The lowest BCUT2D eigenvalue weighted by Crippen LogP contribution is -2.26. The summed E-state index contributed by atoms with van der Waals surface area (Å²) in [5, 5.41) is 18.4. The van der Waals surface area contributed by atoms with Crippen molar-refractivity contribution in [2.24, 2.45) is 11.8 Å². The van der Waals surface area contributed by atoms with Crippen LogP contribution in [0.2, 0.25) is 5.82 Å². The highest BCUT2D eigenvalue weighted by atomic mass is 16.4. The summed E-state index contributed by atoms with van der Waals surface area (Å²) in [6.45, 7) is 0. The fourth-order valence-corrected chi connectivity index (χ4v) is 2.43. The summed E-state index contributed by atoms with van der Waals surface area (Å²) in [7, 11) is -1.17. The second-order valence-electron chi connectivity index (χ2n) is 4.45. The quantitative estimate of drug-likeness (QED) is 0.532. The van der Waals surface area contributed by atoms with Gasteiger partial charge in [-0.15, -0.1) is 0 Å². The van der Waals surface area contributed by atoms with Crippen LogP contribution in [-0.4, -0.2) is 17.2 Å². The van der Waals surface area contributed by atoms with E-state index in [0.29, 0.717) is 11.8 Å². The van der Waals surface area contributed by atoms with Crippen molar-refractivity contribution in [2.45, 2.75) is 25.1 Å². The van der Waals surface area contributed by atoms with Crippen molar-refractivity contribution in [1.82, 2.24) is 0 Å². The average Bonchev–Trinajstić information content (AvgIpc) is 2.30. The van der Waals surface area contributed by atoms with Crippen molar-refractivity contribution in [3.8, 4) is 0 Å². The van der Waals surface area contributed by atoms with Crippen LogP contribution in [0.5, 0.6) is 0 Å². The number of hydrogen-bond donors (Lipinski definition) is 2. The molecule has 2 nitrogen and oxygen atoms in total. The SMILES string of the molecule is OB(O)C1CC=CC(C2C=CC=CC2)C1. The van der Waals surface area contributed by atoms with Gasteiger partial charge in [0.05, 0.1) is 0 Å². The normalized spacial score (nSPS) is 34.4. The van der Waals surface area contributed by atoms with Crippen LogP contribution in [0.4, 0.5) is 0 Å². The van der Waals surface area contributed by atoms with E-state index in [2.05, 4.69) is 36.5 Å². The first-order valence-corrected chi connectivity index (χ1v) is 5.63. The number of rotatable bonds is 2. The van der Waals surface area contributed by atoms with Gasteiger partial charge in [0.2, 0.25) is 0 Å². The zero-order valence-electron chi connectivity index (χ0n) is 8.79. The van der Waals surface area contributed by atoms with Gasteiger partial charge in [-0.05, 0) is 36.9 Å². The van der Waals surface area contributed by atoms with Crippen molar-refractivity contribution in [1.29, 1.82) is 0 Å². The Kier molecular flexibility index (Phi) is 3.44. The van der Waals surface area contributed by atoms with Crippen molar-refractivity contribution in [3.05, 3.63) is 36.5 Å². The lowest BCUT2D eigenvalue weighted by atomic mass is 9.62. The molecule has 80 valence electrons. The molecule has 2 aliphatic carbocycles. The minimum atomic E-state index is -1.17. The molecule has 0 aromatic rings. The van der Waals surface area contributed by atoms with Crippen LogP contribution < -0.4 is 0 Å². The van der Waals surface area contributed by atoms with E-state index in [1.807, 2.05) is 0 Å². The number of allylic oxidation sites excluding steroid dienone is 6. The van der Waals surface area contributed by atoms with Gasteiger partial charge in [0, 0.05) is 0 Å². The average molecular weight is 204 g/mol. The molecule has 2 rings (SSSR count). The summed E-state index contributed by atoms with van der Waals surface area (Å²) in [4.78, 5) is 0. The molecule has 0 saturated heterocycles. The third-order valence-electron chi connectivity index (χ3n) is 3.38. The van der Waals surface area contributed by atoms with Crippen LogP contribution in [0.25, 0.3) is 0 Å². The topological polar surface area (TPSA) is 40.5 Å². The Balaban J connectivity index is 1.98. The maximum absolute atomic E-state index is 9.18. The van der Waals surface area contributed by atoms with E-state index < -0.39 is 7.12 Å². The molecule has 0 aromatic heterocycles. The predicted octanol–water partition coefficient (Wildman–Crippen LogP) is 1.93. The van der Waals surface area contributed by atoms with Gasteiger partial charge in [0.15, 0.2) is 0 Å². The zero-order valence-corrected chi connectivity index (χ0v) is 8.79. The molecule has 15 heavy (non-hydrogen) atoms. The molecule has 0 fully saturated rings. The van der Waals surface area contributed by atoms with Crippen molar-refractivity contribution in [2.75, 3.05) is 0 Å². The minimum absolute atomic E-state index is 0.0132. The van der Waals surface area contributed by atoms with Gasteiger partial charge in [-0.3, -0.25) is 0 Å². The predicted molar refractivity (Wildman–Crippen MR) is 62.2 cm³/mol. The van der Waals surface area contributed by atoms with E-state index in [4.69, 9.17) is 0 Å². The second-order valence-corrected chi connectivity index (χ2v) is 4.45.